The summed E-state index contributed by atoms with van der Waals surface area (Å²) in [6.07, 6.45) is 7.92. The van der Waals surface area contributed by atoms with Gasteiger partial charge >= 0.3 is 0 Å². The number of phenols is 1. The molecule has 1 amide bonds. The molecule has 3 saturated carbocycles. The maximum atomic E-state index is 12.6. The van der Waals surface area contributed by atoms with Gasteiger partial charge in [0.15, 0.2) is 12.4 Å². The molecule has 9 heteroatoms. The van der Waals surface area contributed by atoms with Gasteiger partial charge in [-0.05, 0) is 91.9 Å². The van der Waals surface area contributed by atoms with Crippen molar-refractivity contribution < 1.29 is 34.9 Å². The first kappa shape index (κ1) is 28.8. The molecule has 0 aromatic heterocycles. The van der Waals surface area contributed by atoms with E-state index in [4.69, 9.17) is 4.84 Å². The number of allylic oxidation sites excluding steroid dienone is 3. The number of aliphatic hydroxyl groups is 3. The number of aromatic hydroxyl groups is 1. The maximum Gasteiger partial charge on any atom is 0.248 e. The van der Waals surface area contributed by atoms with E-state index in [-0.39, 0.29) is 41.4 Å². The third kappa shape index (κ3) is 4.87. The Balaban J connectivity index is 1.16. The number of hydrogen-bond donors (Lipinski definition) is 6. The average Bonchev–Trinajstić information content (AvgIpc) is 3.20. The van der Waals surface area contributed by atoms with Gasteiger partial charge in [-0.15, -0.1) is 0 Å². The van der Waals surface area contributed by atoms with Crippen LogP contribution in [0.1, 0.15) is 57.9 Å². The molecule has 40 heavy (non-hydrogen) atoms. The summed E-state index contributed by atoms with van der Waals surface area (Å²) < 4.78 is 0. The van der Waals surface area contributed by atoms with Gasteiger partial charge in [0.05, 0.1) is 11.8 Å². The summed E-state index contributed by atoms with van der Waals surface area (Å²) in [6, 6.07) is 6.88. The molecule has 0 saturated heterocycles. The van der Waals surface area contributed by atoms with Crippen molar-refractivity contribution in [2.24, 2.45) is 28.6 Å². The molecule has 1 aromatic carbocycles. The molecular formula is C31H42N2O7. The third-order valence-electron chi connectivity index (χ3n) is 10.6. The Kier molecular flexibility index (Phi) is 7.87. The van der Waals surface area contributed by atoms with E-state index >= 15 is 0 Å². The molecule has 4 aliphatic carbocycles. The lowest BCUT2D eigenvalue weighted by Crippen LogP contribution is -2.61. The van der Waals surface area contributed by atoms with Gasteiger partial charge in [-0.25, -0.2) is 0 Å². The summed E-state index contributed by atoms with van der Waals surface area (Å²) in [6.45, 7) is 3.78. The molecule has 0 heterocycles. The van der Waals surface area contributed by atoms with Crippen LogP contribution >= 0.6 is 0 Å². The van der Waals surface area contributed by atoms with Gasteiger partial charge < -0.3 is 25.7 Å². The maximum absolute atomic E-state index is 12.6. The lowest BCUT2D eigenvalue weighted by Gasteiger charge is -2.60. The van der Waals surface area contributed by atoms with Crippen LogP contribution in [0.3, 0.4) is 0 Å². The monoisotopic (exact) mass is 554 g/mol. The zero-order valence-corrected chi connectivity index (χ0v) is 23.4. The van der Waals surface area contributed by atoms with E-state index in [0.717, 1.165) is 30.5 Å². The third-order valence-corrected chi connectivity index (χ3v) is 10.6. The van der Waals surface area contributed by atoms with E-state index in [2.05, 4.69) is 29.9 Å². The molecule has 7 atom stereocenters. The van der Waals surface area contributed by atoms with Crippen molar-refractivity contribution in [2.45, 2.75) is 70.5 Å². The summed E-state index contributed by atoms with van der Waals surface area (Å²) in [7, 11) is 0. The first-order chi connectivity index (χ1) is 19.0. The second-order valence-electron chi connectivity index (χ2n) is 12.6. The van der Waals surface area contributed by atoms with Crippen LogP contribution in [0.2, 0.25) is 0 Å². The van der Waals surface area contributed by atoms with E-state index in [1.807, 2.05) is 19.1 Å². The number of phenolic OH excluding ortho intramolecular Hbond substituents is 1. The van der Waals surface area contributed by atoms with Crippen molar-refractivity contribution in [3.8, 4) is 5.75 Å². The van der Waals surface area contributed by atoms with Crippen LogP contribution in [0, 0.1) is 28.6 Å². The van der Waals surface area contributed by atoms with Crippen LogP contribution in [0.4, 0.5) is 0 Å². The molecule has 3 fully saturated rings. The number of amides is 1. The highest BCUT2D eigenvalue weighted by Crippen LogP contribution is 2.67. The minimum absolute atomic E-state index is 0.00947. The van der Waals surface area contributed by atoms with E-state index < -0.39 is 29.5 Å². The van der Waals surface area contributed by atoms with Crippen molar-refractivity contribution in [3.63, 3.8) is 0 Å². The largest absolute Gasteiger partial charge is 0.508 e. The molecule has 0 unspecified atom stereocenters. The molecule has 6 N–H and O–H groups in total. The number of benzene rings is 1. The van der Waals surface area contributed by atoms with Crippen LogP contribution < -0.4 is 10.8 Å². The number of fused-ring (bicyclic) bond motifs is 5. The number of Topliss-reactive ketones (excluding diaryl/α,β-unsaturated/α-hetero) is 1. The Morgan fingerprint density at radius 1 is 1.15 bits per heavy atom. The Hall–Kier alpha value is -2.72. The van der Waals surface area contributed by atoms with Crippen molar-refractivity contribution >= 4 is 11.7 Å². The van der Waals surface area contributed by atoms with Gasteiger partial charge in [-0.2, -0.15) is 0 Å². The number of nitrogens with one attached hydrogen (secondary N) is 2. The Morgan fingerprint density at radius 2 is 1.90 bits per heavy atom. The summed E-state index contributed by atoms with van der Waals surface area (Å²) >= 11 is 0. The summed E-state index contributed by atoms with van der Waals surface area (Å²) in [4.78, 5) is 30.3. The second kappa shape index (κ2) is 10.9. The number of hydroxylamine groups is 1. The number of carbonyl (C=O) groups excluding carboxylic acids is 2. The minimum atomic E-state index is -1.59. The first-order valence-corrected chi connectivity index (χ1v) is 14.4. The molecule has 1 aromatic rings. The van der Waals surface area contributed by atoms with E-state index in [1.54, 1.807) is 12.1 Å². The summed E-state index contributed by atoms with van der Waals surface area (Å²) in [5.74, 6) is -0.252. The normalized spacial score (nSPS) is 36.4. The summed E-state index contributed by atoms with van der Waals surface area (Å²) in [5.41, 5.74) is 3.38. The molecule has 0 bridgehead atoms. The molecule has 0 spiro atoms. The van der Waals surface area contributed by atoms with Gasteiger partial charge in [0.1, 0.15) is 18.0 Å². The number of carbonyl (C=O) groups is 2. The predicted octanol–water partition coefficient (Wildman–Crippen LogP) is 2.29. The van der Waals surface area contributed by atoms with Crippen molar-refractivity contribution in [2.75, 3.05) is 19.8 Å². The lowest BCUT2D eigenvalue weighted by atomic mass is 9.45. The van der Waals surface area contributed by atoms with Gasteiger partial charge in [0.2, 0.25) is 5.91 Å². The van der Waals surface area contributed by atoms with Crippen LogP contribution in [0.25, 0.3) is 0 Å². The standard InChI is InChI=1S/C31H42N2O7/c1-29-12-9-21(33-40-18-27(38)32-14-11-19-3-6-22(35)7-4-19)15-20(29)5-8-23-24-10-13-31(39,26(37)17-34)30(24,2)16-25(36)28(23)29/h3-4,6-7,9,15,23-25,28,33-36,39H,5,8,10-14,16-18H2,1-2H3,(H,32,38)/t23-,24+,25-,28+,29-,30+,31-/m1/s1. The smallest absolute Gasteiger partial charge is 0.248 e. The van der Waals surface area contributed by atoms with Gasteiger partial charge in [-0.3, -0.25) is 19.9 Å². The highest BCUT2D eigenvalue weighted by Gasteiger charge is 2.68. The van der Waals surface area contributed by atoms with Crippen LogP contribution in [-0.2, 0) is 20.8 Å². The quantitative estimate of drug-likeness (QED) is 0.255. The molecule has 0 aliphatic heterocycles. The lowest BCUT2D eigenvalue weighted by molar-refractivity contribution is -0.181. The van der Waals surface area contributed by atoms with Crippen LogP contribution in [0.5, 0.6) is 5.75 Å². The van der Waals surface area contributed by atoms with Crippen LogP contribution in [-0.4, -0.2) is 63.6 Å². The molecule has 9 nitrogen and oxygen atoms in total. The fourth-order valence-corrected chi connectivity index (χ4v) is 8.46. The Labute approximate surface area is 235 Å². The fraction of sp³-hybridized carbons (Fsp3) is 0.613. The van der Waals surface area contributed by atoms with Gasteiger partial charge in [-0.1, -0.05) is 37.6 Å². The van der Waals surface area contributed by atoms with E-state index in [9.17, 15) is 30.0 Å². The second-order valence-corrected chi connectivity index (χ2v) is 12.6. The number of rotatable bonds is 9. The highest BCUT2D eigenvalue weighted by atomic mass is 16.6. The number of aliphatic hydroxyl groups excluding tert-OH is 2. The fourth-order valence-electron chi connectivity index (χ4n) is 8.46. The molecule has 4 aliphatic rings. The van der Waals surface area contributed by atoms with Crippen molar-refractivity contribution in [1.82, 2.24) is 10.8 Å². The average molecular weight is 555 g/mol. The SMILES string of the molecule is C[C@]12C[C@@H](O)[C@@H]3[C@H](CCC4=CC(NOCC(=O)NCCc5ccc(O)cc5)=CC[C@]43C)[C@@H]1CC[C@@]2(O)C(=O)CO. The summed E-state index contributed by atoms with van der Waals surface area (Å²) in [5, 5.41) is 44.6. The van der Waals surface area contributed by atoms with Crippen molar-refractivity contribution in [1.29, 1.82) is 0 Å². The molecule has 5 rings (SSSR count). The molecule has 0 radical (unpaired) electrons. The number of ketones is 1. The molecular weight excluding hydrogens is 512 g/mol. The van der Waals surface area contributed by atoms with E-state index in [1.165, 1.54) is 5.57 Å². The van der Waals surface area contributed by atoms with E-state index in [0.29, 0.717) is 32.2 Å². The van der Waals surface area contributed by atoms with Gasteiger partial charge in [0.25, 0.3) is 0 Å². The Morgan fingerprint density at radius 3 is 2.62 bits per heavy atom. The van der Waals surface area contributed by atoms with Gasteiger partial charge in [0, 0.05) is 12.0 Å². The zero-order valence-electron chi connectivity index (χ0n) is 23.4. The molecule has 218 valence electrons. The van der Waals surface area contributed by atoms with Crippen LogP contribution in [0.15, 0.2) is 47.7 Å². The topological polar surface area (TPSA) is 148 Å². The highest BCUT2D eigenvalue weighted by molar-refractivity contribution is 5.89. The minimum Gasteiger partial charge on any atom is -0.508 e. The number of hydrogen-bond acceptors (Lipinski definition) is 8. The zero-order chi connectivity index (χ0) is 28.7. The van der Waals surface area contributed by atoms with Crippen molar-refractivity contribution in [3.05, 3.63) is 53.3 Å². The predicted molar refractivity (Wildman–Crippen MR) is 148 cm³/mol. The first-order valence-electron chi connectivity index (χ1n) is 14.4. The Bertz CT molecular complexity index is 1200.